The van der Waals surface area contributed by atoms with Crippen LogP contribution in [0.5, 0.6) is 0 Å². The van der Waals surface area contributed by atoms with Crippen LogP contribution < -0.4 is 0 Å². The van der Waals surface area contributed by atoms with Gasteiger partial charge in [-0.3, -0.25) is 10.1 Å². The van der Waals surface area contributed by atoms with Gasteiger partial charge in [-0.2, -0.15) is 0 Å². The summed E-state index contributed by atoms with van der Waals surface area (Å²) >= 11 is 7.56. The number of nitro benzene ring substituents is 1. The van der Waals surface area contributed by atoms with Crippen LogP contribution in [0.2, 0.25) is 5.15 Å². The summed E-state index contributed by atoms with van der Waals surface area (Å²) in [6.07, 6.45) is 0. The molecule has 0 N–H and O–H groups in total. The average Bonchev–Trinajstić information content (AvgIpc) is 2.87. The summed E-state index contributed by atoms with van der Waals surface area (Å²) in [4.78, 5) is 18.8. The van der Waals surface area contributed by atoms with Crippen molar-refractivity contribution in [2.45, 2.75) is 0 Å². The van der Waals surface area contributed by atoms with Crippen molar-refractivity contribution in [2.75, 3.05) is 0 Å². The number of thiophene rings is 1. The molecule has 0 bridgehead atoms. The lowest BCUT2D eigenvalue weighted by molar-refractivity contribution is -0.384. The lowest BCUT2D eigenvalue weighted by atomic mass is 10.2. The molecule has 2 heterocycles. The molecule has 3 aromatic rings. The number of aromatic nitrogens is 2. The van der Waals surface area contributed by atoms with E-state index < -0.39 is 4.92 Å². The van der Waals surface area contributed by atoms with E-state index in [1.165, 1.54) is 23.5 Å². The minimum absolute atomic E-state index is 0.0338. The van der Waals surface area contributed by atoms with Gasteiger partial charge in [0.25, 0.3) is 5.69 Å². The summed E-state index contributed by atoms with van der Waals surface area (Å²) in [5, 5.41) is 12.9. The second-order valence-corrected chi connectivity index (χ2v) is 5.05. The zero-order valence-electron chi connectivity index (χ0n) is 9.41. The Kier molecular flexibility index (Phi) is 2.88. The zero-order valence-corrected chi connectivity index (χ0v) is 11.0. The Morgan fingerprint density at radius 1 is 1.16 bits per heavy atom. The van der Waals surface area contributed by atoms with Crippen LogP contribution in [0.3, 0.4) is 0 Å². The fourth-order valence-corrected chi connectivity index (χ4v) is 2.71. The maximum Gasteiger partial charge on any atom is 0.269 e. The fraction of sp³-hybridized carbons (Fsp3) is 0. The molecule has 0 unspecified atom stereocenters. The van der Waals surface area contributed by atoms with Crippen LogP contribution in [0, 0.1) is 10.1 Å². The van der Waals surface area contributed by atoms with Crippen molar-refractivity contribution in [3.63, 3.8) is 0 Å². The van der Waals surface area contributed by atoms with Gasteiger partial charge in [0.2, 0.25) is 0 Å². The van der Waals surface area contributed by atoms with Gasteiger partial charge in [0.1, 0.15) is 0 Å². The van der Waals surface area contributed by atoms with Crippen LogP contribution in [0.1, 0.15) is 0 Å². The number of nitrogens with zero attached hydrogens (tertiary/aromatic N) is 3. The number of fused-ring (bicyclic) bond motifs is 1. The van der Waals surface area contributed by atoms with E-state index in [1.54, 1.807) is 12.1 Å². The molecule has 0 radical (unpaired) electrons. The third kappa shape index (κ3) is 2.16. The molecule has 1 aromatic carbocycles. The number of hydrogen-bond acceptors (Lipinski definition) is 5. The van der Waals surface area contributed by atoms with Gasteiger partial charge < -0.3 is 0 Å². The summed E-state index contributed by atoms with van der Waals surface area (Å²) in [5.41, 5.74) is 1.51. The number of rotatable bonds is 2. The first-order valence-corrected chi connectivity index (χ1v) is 6.56. The second-order valence-electron chi connectivity index (χ2n) is 3.78. The standard InChI is InChI=1S/C12H6ClN3O2S/c13-11-10-9(5-6-19-10)14-12(15-11)7-1-3-8(4-2-7)16(17)18/h1-6H. The molecule has 0 aliphatic carbocycles. The number of non-ortho nitro benzene ring substituents is 1. The number of halogens is 1. The van der Waals surface area contributed by atoms with Crippen LogP contribution in [0.15, 0.2) is 35.7 Å². The van der Waals surface area contributed by atoms with Gasteiger partial charge >= 0.3 is 0 Å². The van der Waals surface area contributed by atoms with Gasteiger partial charge in [0.05, 0.1) is 15.1 Å². The van der Waals surface area contributed by atoms with E-state index in [2.05, 4.69) is 9.97 Å². The van der Waals surface area contributed by atoms with Crippen molar-refractivity contribution in [3.05, 3.63) is 51.0 Å². The SMILES string of the molecule is O=[N+]([O-])c1ccc(-c2nc(Cl)c3sccc3n2)cc1. The fourth-order valence-electron chi connectivity index (χ4n) is 1.69. The van der Waals surface area contributed by atoms with Crippen molar-refractivity contribution >= 4 is 38.8 Å². The molecule has 0 aliphatic rings. The Morgan fingerprint density at radius 3 is 2.58 bits per heavy atom. The van der Waals surface area contributed by atoms with Crippen molar-refractivity contribution in [3.8, 4) is 11.4 Å². The predicted octanol–water partition coefficient (Wildman–Crippen LogP) is 3.92. The van der Waals surface area contributed by atoms with Crippen LogP contribution in [-0.4, -0.2) is 14.9 Å². The van der Waals surface area contributed by atoms with E-state index in [9.17, 15) is 10.1 Å². The molecule has 0 aliphatic heterocycles. The molecular weight excluding hydrogens is 286 g/mol. The molecule has 0 saturated carbocycles. The predicted molar refractivity (Wildman–Crippen MR) is 74.5 cm³/mol. The van der Waals surface area contributed by atoms with E-state index in [-0.39, 0.29) is 5.69 Å². The van der Waals surface area contributed by atoms with Gasteiger partial charge in [-0.05, 0) is 23.6 Å². The van der Waals surface area contributed by atoms with E-state index in [0.717, 1.165) is 10.2 Å². The highest BCUT2D eigenvalue weighted by Crippen LogP contribution is 2.29. The average molecular weight is 292 g/mol. The topological polar surface area (TPSA) is 68.9 Å². The van der Waals surface area contributed by atoms with Crippen molar-refractivity contribution in [1.29, 1.82) is 0 Å². The molecule has 0 fully saturated rings. The minimum atomic E-state index is -0.445. The first-order valence-electron chi connectivity index (χ1n) is 5.31. The minimum Gasteiger partial charge on any atom is -0.258 e. The zero-order chi connectivity index (χ0) is 13.4. The summed E-state index contributed by atoms with van der Waals surface area (Å²) in [6.45, 7) is 0. The molecule has 0 atom stereocenters. The monoisotopic (exact) mass is 291 g/mol. The molecule has 7 heteroatoms. The first kappa shape index (κ1) is 12.0. The Labute approximate surface area is 116 Å². The van der Waals surface area contributed by atoms with E-state index >= 15 is 0 Å². The Hall–Kier alpha value is -2.05. The summed E-state index contributed by atoms with van der Waals surface area (Å²) in [5.74, 6) is 0.464. The molecule has 5 nitrogen and oxygen atoms in total. The summed E-state index contributed by atoms with van der Waals surface area (Å²) in [6, 6.07) is 7.93. The van der Waals surface area contributed by atoms with Gasteiger partial charge in [0, 0.05) is 17.7 Å². The Balaban J connectivity index is 2.10. The normalized spacial score (nSPS) is 10.8. The smallest absolute Gasteiger partial charge is 0.258 e. The van der Waals surface area contributed by atoms with Crippen molar-refractivity contribution in [2.24, 2.45) is 0 Å². The molecule has 3 rings (SSSR count). The number of nitro groups is 1. The highest BCUT2D eigenvalue weighted by atomic mass is 35.5. The molecule has 19 heavy (non-hydrogen) atoms. The maximum absolute atomic E-state index is 10.6. The molecule has 94 valence electrons. The van der Waals surface area contributed by atoms with Crippen LogP contribution >= 0.6 is 22.9 Å². The summed E-state index contributed by atoms with van der Waals surface area (Å²) in [7, 11) is 0. The number of hydrogen-bond donors (Lipinski definition) is 0. The summed E-state index contributed by atoms with van der Waals surface area (Å²) < 4.78 is 0.840. The van der Waals surface area contributed by atoms with E-state index in [1.807, 2.05) is 11.4 Å². The van der Waals surface area contributed by atoms with E-state index in [0.29, 0.717) is 16.5 Å². The van der Waals surface area contributed by atoms with Gasteiger partial charge in [-0.1, -0.05) is 11.6 Å². The van der Waals surface area contributed by atoms with Crippen LogP contribution in [0.4, 0.5) is 5.69 Å². The van der Waals surface area contributed by atoms with Crippen LogP contribution in [0.25, 0.3) is 21.6 Å². The molecule has 0 amide bonds. The Morgan fingerprint density at radius 2 is 1.89 bits per heavy atom. The third-order valence-corrected chi connectivity index (χ3v) is 3.89. The second kappa shape index (κ2) is 4.56. The molecule has 0 saturated heterocycles. The third-order valence-electron chi connectivity index (χ3n) is 2.60. The van der Waals surface area contributed by atoms with Crippen molar-refractivity contribution < 1.29 is 4.92 Å². The largest absolute Gasteiger partial charge is 0.269 e. The highest BCUT2D eigenvalue weighted by molar-refractivity contribution is 7.17. The van der Waals surface area contributed by atoms with Gasteiger partial charge in [-0.15, -0.1) is 11.3 Å². The van der Waals surface area contributed by atoms with Crippen LogP contribution in [-0.2, 0) is 0 Å². The maximum atomic E-state index is 10.6. The number of benzene rings is 1. The highest BCUT2D eigenvalue weighted by Gasteiger charge is 2.10. The van der Waals surface area contributed by atoms with Gasteiger partial charge in [0.15, 0.2) is 11.0 Å². The van der Waals surface area contributed by atoms with E-state index in [4.69, 9.17) is 11.6 Å². The van der Waals surface area contributed by atoms with Gasteiger partial charge in [-0.25, -0.2) is 9.97 Å². The molecule has 0 spiro atoms. The molecular formula is C12H6ClN3O2S. The lowest BCUT2D eigenvalue weighted by Crippen LogP contribution is -1.91. The molecule has 2 aromatic heterocycles. The first-order chi connectivity index (χ1) is 9.15. The Bertz CT molecular complexity index is 770. The van der Waals surface area contributed by atoms with Crippen molar-refractivity contribution in [1.82, 2.24) is 9.97 Å². The lowest BCUT2D eigenvalue weighted by Gasteiger charge is -2.01. The quantitative estimate of drug-likeness (QED) is 0.408.